The van der Waals surface area contributed by atoms with E-state index in [1.807, 2.05) is 39.0 Å². The third kappa shape index (κ3) is 3.43. The minimum Gasteiger partial charge on any atom is -0.496 e. The van der Waals surface area contributed by atoms with Crippen LogP contribution >= 0.6 is 0 Å². The molecule has 0 aliphatic carbocycles. The van der Waals surface area contributed by atoms with E-state index in [2.05, 4.69) is 10.3 Å². The fourth-order valence-electron chi connectivity index (χ4n) is 4.00. The van der Waals surface area contributed by atoms with E-state index < -0.39 is 5.54 Å². The highest BCUT2D eigenvalue weighted by atomic mass is 16.5. The van der Waals surface area contributed by atoms with Crippen LogP contribution < -0.4 is 9.64 Å². The number of methoxy groups -OCH3 is 1. The lowest BCUT2D eigenvalue weighted by molar-refractivity contribution is -0.123. The van der Waals surface area contributed by atoms with Crippen molar-refractivity contribution in [2.75, 3.05) is 12.0 Å². The van der Waals surface area contributed by atoms with E-state index in [0.29, 0.717) is 24.5 Å². The molecule has 4 rings (SSSR count). The van der Waals surface area contributed by atoms with Crippen LogP contribution in [0.3, 0.4) is 0 Å². The van der Waals surface area contributed by atoms with Crippen LogP contribution in [0, 0.1) is 20.8 Å². The molecule has 0 atom stereocenters. The second-order valence-electron chi connectivity index (χ2n) is 8.51. The summed E-state index contributed by atoms with van der Waals surface area (Å²) in [5, 5.41) is 8.30. The predicted molar refractivity (Wildman–Crippen MR) is 118 cm³/mol. The van der Waals surface area contributed by atoms with Gasteiger partial charge in [-0.1, -0.05) is 17.3 Å². The molecule has 1 aliphatic heterocycles. The van der Waals surface area contributed by atoms with E-state index in [9.17, 15) is 9.59 Å². The molecule has 1 aromatic carbocycles. The third-order valence-electron chi connectivity index (χ3n) is 6.15. The number of benzene rings is 1. The van der Waals surface area contributed by atoms with E-state index in [0.717, 1.165) is 28.1 Å². The summed E-state index contributed by atoms with van der Waals surface area (Å²) in [7, 11) is 1.61. The maximum absolute atomic E-state index is 13.4. The van der Waals surface area contributed by atoms with Crippen molar-refractivity contribution in [2.24, 2.45) is 0 Å². The molecular weight excluding hydrogens is 410 g/mol. The predicted octanol–water partition coefficient (Wildman–Crippen LogP) is 3.60. The molecule has 9 heteroatoms. The van der Waals surface area contributed by atoms with Gasteiger partial charge in [0.2, 0.25) is 0 Å². The molecule has 0 bridgehead atoms. The minimum absolute atomic E-state index is 0.292. The number of rotatable bonds is 6. The molecule has 0 unspecified atom stereocenters. The molecule has 0 spiro atoms. The summed E-state index contributed by atoms with van der Waals surface area (Å²) in [5.41, 5.74) is 3.01. The van der Waals surface area contributed by atoms with Crippen LogP contribution in [0.1, 0.15) is 42.0 Å². The van der Waals surface area contributed by atoms with Crippen molar-refractivity contribution >= 4 is 17.6 Å². The summed E-state index contributed by atoms with van der Waals surface area (Å²) in [6.45, 7) is 9.91. The maximum atomic E-state index is 13.4. The zero-order valence-electron chi connectivity index (χ0n) is 19.2. The number of nitrogens with zero attached hydrogens (tertiary/aromatic N) is 5. The summed E-state index contributed by atoms with van der Waals surface area (Å²) in [5.74, 6) is 1.17. The van der Waals surface area contributed by atoms with Crippen LogP contribution in [-0.2, 0) is 17.9 Å². The largest absolute Gasteiger partial charge is 0.496 e. The summed E-state index contributed by atoms with van der Waals surface area (Å²) >= 11 is 0. The number of hydrogen-bond donors (Lipinski definition) is 0. The number of aryl methyl sites for hydroxylation is 2. The second kappa shape index (κ2) is 7.81. The van der Waals surface area contributed by atoms with Crippen molar-refractivity contribution < 1.29 is 18.8 Å². The van der Waals surface area contributed by atoms with Crippen molar-refractivity contribution in [3.8, 4) is 5.75 Å². The number of carbonyl (C=O) groups excluding carboxylic acids is 2. The number of aromatic nitrogens is 3. The van der Waals surface area contributed by atoms with E-state index >= 15 is 0 Å². The zero-order chi connectivity index (χ0) is 23.2. The molecule has 0 N–H and O–H groups in total. The fraction of sp³-hybridized carbons (Fsp3) is 0.391. The Kier molecular flexibility index (Phi) is 5.28. The first kappa shape index (κ1) is 21.6. The van der Waals surface area contributed by atoms with Gasteiger partial charge in [0.25, 0.3) is 5.91 Å². The Morgan fingerprint density at radius 3 is 2.53 bits per heavy atom. The molecular formula is C23H27N5O4. The van der Waals surface area contributed by atoms with Crippen LogP contribution in [0.25, 0.3) is 0 Å². The standard InChI is InChI=1S/C23H27N5O4/c1-14-17(8-7-9-20(14)31-6)11-27-22(30)28(21(29)23(27,4)5)18-10-24-26(12-18)13-19-15(2)25-32-16(19)3/h7-10,12H,11,13H2,1-6H3. The van der Waals surface area contributed by atoms with Crippen molar-refractivity contribution in [3.05, 3.63) is 58.7 Å². The molecule has 0 radical (unpaired) electrons. The van der Waals surface area contributed by atoms with Crippen molar-refractivity contribution in [1.29, 1.82) is 0 Å². The van der Waals surface area contributed by atoms with Gasteiger partial charge in [-0.2, -0.15) is 5.10 Å². The Labute approximate surface area is 186 Å². The quantitative estimate of drug-likeness (QED) is 0.547. The number of imide groups is 1. The first-order valence-electron chi connectivity index (χ1n) is 10.4. The van der Waals surface area contributed by atoms with E-state index in [-0.39, 0.29) is 11.9 Å². The third-order valence-corrected chi connectivity index (χ3v) is 6.15. The van der Waals surface area contributed by atoms with Gasteiger partial charge in [-0.05, 0) is 51.8 Å². The van der Waals surface area contributed by atoms with Gasteiger partial charge in [0, 0.05) is 18.3 Å². The number of ether oxygens (including phenoxy) is 1. The summed E-state index contributed by atoms with van der Waals surface area (Å²) in [6, 6.07) is 5.32. The smallest absolute Gasteiger partial charge is 0.332 e. The van der Waals surface area contributed by atoms with Gasteiger partial charge >= 0.3 is 6.03 Å². The summed E-state index contributed by atoms with van der Waals surface area (Å²) < 4.78 is 12.3. The molecule has 1 saturated heterocycles. The molecule has 168 valence electrons. The fourth-order valence-corrected chi connectivity index (χ4v) is 4.00. The van der Waals surface area contributed by atoms with Gasteiger partial charge in [-0.15, -0.1) is 0 Å². The van der Waals surface area contributed by atoms with Gasteiger partial charge in [-0.3, -0.25) is 9.48 Å². The van der Waals surface area contributed by atoms with Gasteiger partial charge in [-0.25, -0.2) is 9.69 Å². The minimum atomic E-state index is -1.00. The molecule has 3 amide bonds. The maximum Gasteiger partial charge on any atom is 0.332 e. The summed E-state index contributed by atoms with van der Waals surface area (Å²) in [4.78, 5) is 29.4. The van der Waals surface area contributed by atoms with Crippen molar-refractivity contribution in [2.45, 2.75) is 53.2 Å². The lowest BCUT2D eigenvalue weighted by Crippen LogP contribution is -2.43. The Morgan fingerprint density at radius 2 is 1.88 bits per heavy atom. The number of urea groups is 1. The monoisotopic (exact) mass is 437 g/mol. The van der Waals surface area contributed by atoms with Crippen LogP contribution in [0.15, 0.2) is 35.1 Å². The molecule has 3 heterocycles. The molecule has 1 fully saturated rings. The van der Waals surface area contributed by atoms with E-state index in [1.54, 1.807) is 36.7 Å². The van der Waals surface area contributed by atoms with E-state index in [4.69, 9.17) is 9.26 Å². The lowest BCUT2D eigenvalue weighted by Gasteiger charge is -2.28. The Morgan fingerprint density at radius 1 is 1.12 bits per heavy atom. The Bertz CT molecular complexity index is 1170. The van der Waals surface area contributed by atoms with Gasteiger partial charge in [0.1, 0.15) is 17.0 Å². The lowest BCUT2D eigenvalue weighted by atomic mass is 10.0. The molecule has 0 saturated carbocycles. The van der Waals surface area contributed by atoms with Gasteiger partial charge < -0.3 is 14.2 Å². The highest BCUT2D eigenvalue weighted by Gasteiger charge is 2.52. The van der Waals surface area contributed by atoms with Crippen molar-refractivity contribution in [3.63, 3.8) is 0 Å². The Balaban J connectivity index is 1.61. The van der Waals surface area contributed by atoms with Crippen LogP contribution in [-0.4, -0.2) is 44.4 Å². The van der Waals surface area contributed by atoms with Crippen LogP contribution in [0.4, 0.5) is 10.5 Å². The highest BCUT2D eigenvalue weighted by molar-refractivity contribution is 6.22. The topological polar surface area (TPSA) is 93.7 Å². The molecule has 9 nitrogen and oxygen atoms in total. The normalized spacial score (nSPS) is 15.7. The average Bonchev–Trinajstić information content (AvgIpc) is 3.38. The van der Waals surface area contributed by atoms with Gasteiger partial charge in [0.15, 0.2) is 0 Å². The van der Waals surface area contributed by atoms with Gasteiger partial charge in [0.05, 0.1) is 31.2 Å². The molecule has 3 aromatic rings. The number of amides is 3. The first-order valence-corrected chi connectivity index (χ1v) is 10.4. The molecule has 2 aromatic heterocycles. The van der Waals surface area contributed by atoms with Crippen molar-refractivity contribution in [1.82, 2.24) is 19.8 Å². The second-order valence-corrected chi connectivity index (χ2v) is 8.51. The highest BCUT2D eigenvalue weighted by Crippen LogP contribution is 2.34. The van der Waals surface area contributed by atoms with E-state index in [1.165, 1.54) is 11.1 Å². The summed E-state index contributed by atoms with van der Waals surface area (Å²) in [6.07, 6.45) is 3.22. The van der Waals surface area contributed by atoms with Crippen LogP contribution in [0.5, 0.6) is 5.75 Å². The molecule has 1 aliphatic rings. The number of anilines is 1. The SMILES string of the molecule is COc1cccc(CN2C(=O)N(c3cnn(Cc4c(C)noc4C)c3)C(=O)C2(C)C)c1C. The Hall–Kier alpha value is -3.62. The average molecular weight is 438 g/mol. The molecule has 32 heavy (non-hydrogen) atoms. The number of hydrogen-bond acceptors (Lipinski definition) is 6. The van der Waals surface area contributed by atoms with Crippen LogP contribution in [0.2, 0.25) is 0 Å². The first-order chi connectivity index (χ1) is 15.1. The number of carbonyl (C=O) groups is 2. The zero-order valence-corrected chi connectivity index (χ0v) is 19.2.